The quantitative estimate of drug-likeness (QED) is 0.672. The van der Waals surface area contributed by atoms with Crippen molar-refractivity contribution in [2.75, 3.05) is 6.54 Å². The summed E-state index contributed by atoms with van der Waals surface area (Å²) in [4.78, 5) is 15.2. The summed E-state index contributed by atoms with van der Waals surface area (Å²) < 4.78 is 0. The number of rotatable bonds is 7. The highest BCUT2D eigenvalue weighted by molar-refractivity contribution is 5.12. The van der Waals surface area contributed by atoms with Gasteiger partial charge in [0, 0.05) is 62.7 Å². The first-order valence-corrected chi connectivity index (χ1v) is 7.80. The van der Waals surface area contributed by atoms with E-state index in [2.05, 4.69) is 38.1 Å². The number of pyridine rings is 3. The lowest BCUT2D eigenvalue weighted by Gasteiger charge is -2.22. The Morgan fingerprint density at radius 2 is 1.43 bits per heavy atom. The van der Waals surface area contributed by atoms with Gasteiger partial charge in [-0.05, 0) is 35.4 Å². The van der Waals surface area contributed by atoms with Crippen LogP contribution in [0.4, 0.5) is 0 Å². The lowest BCUT2D eigenvalue weighted by Crippen LogP contribution is -2.25. The van der Waals surface area contributed by atoms with Crippen LogP contribution in [0.3, 0.4) is 0 Å². The molecule has 4 nitrogen and oxygen atoms in total. The molecular formula is C19H20N4. The molecule has 0 bridgehead atoms. The van der Waals surface area contributed by atoms with Crippen molar-refractivity contribution < 1.29 is 0 Å². The van der Waals surface area contributed by atoms with Crippen LogP contribution in [0.2, 0.25) is 0 Å². The molecule has 0 aliphatic rings. The summed E-state index contributed by atoms with van der Waals surface area (Å²) in [5.74, 6) is 0. The second kappa shape index (κ2) is 8.15. The van der Waals surface area contributed by atoms with Gasteiger partial charge in [-0.3, -0.25) is 19.9 Å². The maximum Gasteiger partial charge on any atom is 0.0416 e. The maximum absolute atomic E-state index is 4.41. The summed E-state index contributed by atoms with van der Waals surface area (Å²) in [6.07, 6.45) is 10.3. The number of nitrogens with zero attached hydrogens (tertiary/aromatic N) is 4. The van der Waals surface area contributed by atoms with Crippen molar-refractivity contribution in [1.82, 2.24) is 19.9 Å². The Labute approximate surface area is 136 Å². The highest BCUT2D eigenvalue weighted by Gasteiger charge is 2.08. The van der Waals surface area contributed by atoms with Gasteiger partial charge in [-0.15, -0.1) is 0 Å². The van der Waals surface area contributed by atoms with Crippen molar-refractivity contribution >= 4 is 0 Å². The zero-order valence-corrected chi connectivity index (χ0v) is 13.0. The van der Waals surface area contributed by atoms with Gasteiger partial charge in [0.1, 0.15) is 0 Å². The van der Waals surface area contributed by atoms with Crippen molar-refractivity contribution in [1.29, 1.82) is 0 Å². The average Bonchev–Trinajstić information content (AvgIpc) is 2.62. The Bertz CT molecular complexity index is 645. The van der Waals surface area contributed by atoms with Crippen LogP contribution < -0.4 is 0 Å². The molecule has 3 aromatic heterocycles. The van der Waals surface area contributed by atoms with E-state index in [9.17, 15) is 0 Å². The Balaban J connectivity index is 1.67. The molecule has 23 heavy (non-hydrogen) atoms. The second-order valence-electron chi connectivity index (χ2n) is 5.50. The molecule has 0 saturated carbocycles. The summed E-state index contributed by atoms with van der Waals surface area (Å²) in [5.41, 5.74) is 3.56. The third kappa shape index (κ3) is 4.97. The minimum Gasteiger partial charge on any atom is -0.294 e. The van der Waals surface area contributed by atoms with E-state index in [1.54, 1.807) is 0 Å². The van der Waals surface area contributed by atoms with Gasteiger partial charge < -0.3 is 0 Å². The van der Waals surface area contributed by atoms with E-state index in [-0.39, 0.29) is 0 Å². The third-order valence-corrected chi connectivity index (χ3v) is 3.67. The standard InChI is InChI=1S/C19H20N4/c1-2-11-22-19(7-1)8-12-23(15-17-5-3-9-20-13-17)16-18-6-4-10-21-14-18/h1-7,9-11,13-14H,8,12,15-16H2. The van der Waals surface area contributed by atoms with E-state index in [4.69, 9.17) is 0 Å². The summed E-state index contributed by atoms with van der Waals surface area (Å²) in [6, 6.07) is 14.3. The highest BCUT2D eigenvalue weighted by atomic mass is 15.1. The van der Waals surface area contributed by atoms with Crippen LogP contribution in [0.5, 0.6) is 0 Å². The first kappa shape index (κ1) is 15.3. The molecule has 0 aromatic carbocycles. The Kier molecular flexibility index (Phi) is 5.43. The molecule has 0 atom stereocenters. The minimum atomic E-state index is 0.871. The highest BCUT2D eigenvalue weighted by Crippen LogP contribution is 2.10. The molecule has 0 N–H and O–H groups in total. The first-order chi connectivity index (χ1) is 11.4. The topological polar surface area (TPSA) is 41.9 Å². The fraction of sp³-hybridized carbons (Fsp3) is 0.211. The molecule has 0 fully saturated rings. The van der Waals surface area contributed by atoms with E-state index < -0.39 is 0 Å². The van der Waals surface area contributed by atoms with Gasteiger partial charge in [0.25, 0.3) is 0 Å². The molecule has 0 aliphatic heterocycles. The monoisotopic (exact) mass is 304 g/mol. The first-order valence-electron chi connectivity index (χ1n) is 7.80. The number of hydrogen-bond acceptors (Lipinski definition) is 4. The summed E-state index contributed by atoms with van der Waals surface area (Å²) in [7, 11) is 0. The molecule has 0 aliphatic carbocycles. The number of aromatic nitrogens is 3. The molecule has 3 aromatic rings. The van der Waals surface area contributed by atoms with Crippen LogP contribution in [0.25, 0.3) is 0 Å². The average molecular weight is 304 g/mol. The lowest BCUT2D eigenvalue weighted by atomic mass is 10.2. The second-order valence-corrected chi connectivity index (χ2v) is 5.50. The fourth-order valence-corrected chi connectivity index (χ4v) is 2.53. The van der Waals surface area contributed by atoms with Gasteiger partial charge in [-0.2, -0.15) is 0 Å². The van der Waals surface area contributed by atoms with E-state index in [1.165, 1.54) is 11.1 Å². The summed E-state index contributed by atoms with van der Waals surface area (Å²) >= 11 is 0. The number of hydrogen-bond donors (Lipinski definition) is 0. The van der Waals surface area contributed by atoms with Crippen LogP contribution in [-0.4, -0.2) is 26.4 Å². The molecular weight excluding hydrogens is 284 g/mol. The zero-order chi connectivity index (χ0) is 15.7. The van der Waals surface area contributed by atoms with E-state index in [0.29, 0.717) is 0 Å². The normalized spacial score (nSPS) is 10.8. The predicted molar refractivity (Wildman–Crippen MR) is 90.5 cm³/mol. The SMILES string of the molecule is c1ccc(CCN(Cc2cccnc2)Cc2cccnc2)nc1. The molecule has 0 radical (unpaired) electrons. The molecule has 0 spiro atoms. The van der Waals surface area contributed by atoms with Crippen LogP contribution in [0.15, 0.2) is 73.4 Å². The van der Waals surface area contributed by atoms with Crippen LogP contribution >= 0.6 is 0 Å². The molecule has 116 valence electrons. The van der Waals surface area contributed by atoms with Crippen LogP contribution in [-0.2, 0) is 19.5 Å². The molecule has 3 heterocycles. The Hall–Kier alpha value is -2.59. The smallest absolute Gasteiger partial charge is 0.0416 e. The van der Waals surface area contributed by atoms with Gasteiger partial charge in [0.15, 0.2) is 0 Å². The lowest BCUT2D eigenvalue weighted by molar-refractivity contribution is 0.258. The molecule has 3 rings (SSSR count). The maximum atomic E-state index is 4.41. The van der Waals surface area contributed by atoms with Gasteiger partial charge in [-0.1, -0.05) is 18.2 Å². The largest absolute Gasteiger partial charge is 0.294 e. The van der Waals surface area contributed by atoms with E-state index >= 15 is 0 Å². The van der Waals surface area contributed by atoms with Gasteiger partial charge in [-0.25, -0.2) is 0 Å². The van der Waals surface area contributed by atoms with Crippen LogP contribution in [0, 0.1) is 0 Å². The van der Waals surface area contributed by atoms with Crippen molar-refractivity contribution in [2.45, 2.75) is 19.5 Å². The molecule has 0 amide bonds. The van der Waals surface area contributed by atoms with Crippen molar-refractivity contribution in [2.24, 2.45) is 0 Å². The van der Waals surface area contributed by atoms with E-state index in [0.717, 1.165) is 31.7 Å². The van der Waals surface area contributed by atoms with Crippen molar-refractivity contribution in [3.63, 3.8) is 0 Å². The molecule has 4 heteroatoms. The van der Waals surface area contributed by atoms with Gasteiger partial charge >= 0.3 is 0 Å². The summed E-state index contributed by atoms with van der Waals surface area (Å²) in [5, 5.41) is 0. The summed E-state index contributed by atoms with van der Waals surface area (Å²) in [6.45, 7) is 2.69. The minimum absolute atomic E-state index is 0.871. The van der Waals surface area contributed by atoms with Gasteiger partial charge in [0.2, 0.25) is 0 Å². The van der Waals surface area contributed by atoms with Crippen molar-refractivity contribution in [3.05, 3.63) is 90.3 Å². The van der Waals surface area contributed by atoms with E-state index in [1.807, 2.05) is 55.2 Å². The Morgan fingerprint density at radius 3 is 1.96 bits per heavy atom. The molecule has 0 saturated heterocycles. The van der Waals surface area contributed by atoms with Gasteiger partial charge in [0.05, 0.1) is 0 Å². The predicted octanol–water partition coefficient (Wildman–Crippen LogP) is 3.12. The van der Waals surface area contributed by atoms with Crippen molar-refractivity contribution in [3.8, 4) is 0 Å². The zero-order valence-electron chi connectivity index (χ0n) is 13.0. The van der Waals surface area contributed by atoms with Crippen LogP contribution in [0.1, 0.15) is 16.8 Å². The fourth-order valence-electron chi connectivity index (χ4n) is 2.53. The molecule has 0 unspecified atom stereocenters. The third-order valence-electron chi connectivity index (χ3n) is 3.67. The Morgan fingerprint density at radius 1 is 0.739 bits per heavy atom.